The Morgan fingerprint density at radius 1 is 1.33 bits per heavy atom. The molecule has 0 amide bonds. The van der Waals surface area contributed by atoms with Crippen LogP contribution in [0.4, 0.5) is 0 Å². The predicted molar refractivity (Wildman–Crippen MR) is 82.7 cm³/mol. The Labute approximate surface area is 126 Å². The van der Waals surface area contributed by atoms with Crippen molar-refractivity contribution < 1.29 is 13.2 Å². The third kappa shape index (κ3) is 4.06. The van der Waals surface area contributed by atoms with Gasteiger partial charge in [0.1, 0.15) is 5.75 Å². The van der Waals surface area contributed by atoms with Crippen molar-refractivity contribution in [2.75, 3.05) is 19.7 Å². The van der Waals surface area contributed by atoms with E-state index in [0.717, 1.165) is 19.3 Å². The Bertz CT molecular complexity index is 565. The Balaban J connectivity index is 2.10. The molecule has 0 spiro atoms. The first-order valence-corrected chi connectivity index (χ1v) is 8.59. The molecule has 0 unspecified atom stereocenters. The maximum absolute atomic E-state index is 12.6. The smallest absolute Gasteiger partial charge is 0.243 e. The molecule has 1 saturated carbocycles. The molecular formula is C15H22N2O3S. The van der Waals surface area contributed by atoms with Gasteiger partial charge in [-0.3, -0.25) is 0 Å². The Morgan fingerprint density at radius 2 is 2.00 bits per heavy atom. The summed E-state index contributed by atoms with van der Waals surface area (Å²) in [7, 11) is -3.46. The molecule has 1 fully saturated rings. The molecule has 21 heavy (non-hydrogen) atoms. The summed E-state index contributed by atoms with van der Waals surface area (Å²) in [6.45, 7) is 5.10. The molecule has 1 aromatic rings. The number of benzene rings is 1. The summed E-state index contributed by atoms with van der Waals surface area (Å²) in [6.07, 6.45) is 4.25. The van der Waals surface area contributed by atoms with E-state index in [0.29, 0.717) is 30.3 Å². The summed E-state index contributed by atoms with van der Waals surface area (Å²) in [5.74, 6) is 0.657. The molecule has 0 heterocycles. The number of rotatable bonds is 9. The minimum Gasteiger partial charge on any atom is -0.494 e. The molecule has 1 aromatic carbocycles. The highest BCUT2D eigenvalue weighted by Crippen LogP contribution is 2.32. The highest BCUT2D eigenvalue weighted by Gasteiger charge is 2.37. The van der Waals surface area contributed by atoms with Crippen LogP contribution in [-0.4, -0.2) is 38.5 Å². The highest BCUT2D eigenvalue weighted by molar-refractivity contribution is 7.89. The molecular weight excluding hydrogens is 288 g/mol. The molecule has 1 aliphatic rings. The van der Waals surface area contributed by atoms with Gasteiger partial charge in [-0.25, -0.2) is 8.42 Å². The van der Waals surface area contributed by atoms with Crippen molar-refractivity contribution in [3.63, 3.8) is 0 Å². The second kappa shape index (κ2) is 7.06. The minimum atomic E-state index is -3.46. The summed E-state index contributed by atoms with van der Waals surface area (Å²) in [6, 6.07) is 6.66. The van der Waals surface area contributed by atoms with Crippen molar-refractivity contribution in [3.8, 4) is 5.75 Å². The summed E-state index contributed by atoms with van der Waals surface area (Å²) in [5.41, 5.74) is 5.40. The van der Waals surface area contributed by atoms with E-state index in [4.69, 9.17) is 10.5 Å². The first-order valence-electron chi connectivity index (χ1n) is 7.15. The van der Waals surface area contributed by atoms with Crippen LogP contribution in [-0.2, 0) is 10.0 Å². The van der Waals surface area contributed by atoms with Crippen LogP contribution in [0.15, 0.2) is 41.8 Å². The van der Waals surface area contributed by atoms with Gasteiger partial charge in [-0.15, -0.1) is 6.58 Å². The van der Waals surface area contributed by atoms with Gasteiger partial charge in [0.15, 0.2) is 0 Å². The van der Waals surface area contributed by atoms with Crippen molar-refractivity contribution in [2.24, 2.45) is 5.73 Å². The first kappa shape index (κ1) is 16.0. The number of hydrogen-bond donors (Lipinski definition) is 1. The zero-order valence-corrected chi connectivity index (χ0v) is 12.9. The molecule has 0 aromatic heterocycles. The number of sulfonamides is 1. The fourth-order valence-electron chi connectivity index (χ4n) is 2.05. The molecule has 6 heteroatoms. The van der Waals surface area contributed by atoms with Gasteiger partial charge in [0, 0.05) is 12.6 Å². The predicted octanol–water partition coefficient (Wildman–Crippen LogP) is 1.75. The molecule has 116 valence electrons. The maximum Gasteiger partial charge on any atom is 0.243 e. The number of ether oxygens (including phenoxy) is 1. The normalized spacial score (nSPS) is 15.1. The Kier molecular flexibility index (Phi) is 5.39. The van der Waals surface area contributed by atoms with Crippen molar-refractivity contribution >= 4 is 10.0 Å². The van der Waals surface area contributed by atoms with E-state index in [2.05, 4.69) is 6.58 Å². The van der Waals surface area contributed by atoms with Gasteiger partial charge in [-0.05, 0) is 50.1 Å². The maximum atomic E-state index is 12.6. The molecule has 0 radical (unpaired) electrons. The molecule has 1 aliphatic carbocycles. The average Bonchev–Trinajstić information content (AvgIpc) is 3.30. The molecule has 0 aliphatic heterocycles. The standard InChI is InChI=1S/C15H22N2O3S/c1-2-11-17(13-4-5-13)21(18,19)15-8-6-14(7-9-15)20-12-3-10-16/h2,6-9,13H,1,3-5,10-12,16H2. The minimum absolute atomic E-state index is 0.119. The van der Waals surface area contributed by atoms with Gasteiger partial charge in [-0.1, -0.05) is 6.08 Å². The molecule has 0 atom stereocenters. The Morgan fingerprint density at radius 3 is 2.52 bits per heavy atom. The van der Waals surface area contributed by atoms with E-state index in [1.807, 2.05) is 0 Å². The van der Waals surface area contributed by atoms with Crippen LogP contribution in [0.25, 0.3) is 0 Å². The lowest BCUT2D eigenvalue weighted by Gasteiger charge is -2.20. The zero-order chi connectivity index (χ0) is 15.3. The fourth-order valence-corrected chi connectivity index (χ4v) is 3.71. The summed E-state index contributed by atoms with van der Waals surface area (Å²) >= 11 is 0. The zero-order valence-electron chi connectivity index (χ0n) is 12.1. The monoisotopic (exact) mass is 310 g/mol. The van der Waals surface area contributed by atoms with Crippen LogP contribution < -0.4 is 10.5 Å². The topological polar surface area (TPSA) is 72.6 Å². The van der Waals surface area contributed by atoms with Crippen LogP contribution in [0.2, 0.25) is 0 Å². The SMILES string of the molecule is C=CCN(C1CC1)S(=O)(=O)c1ccc(OCCCN)cc1. The number of nitrogens with two attached hydrogens (primary N) is 1. The lowest BCUT2D eigenvalue weighted by Crippen LogP contribution is -2.33. The van der Waals surface area contributed by atoms with Crippen LogP contribution >= 0.6 is 0 Å². The lowest BCUT2D eigenvalue weighted by atomic mass is 10.3. The van der Waals surface area contributed by atoms with Gasteiger partial charge >= 0.3 is 0 Å². The molecule has 0 bridgehead atoms. The molecule has 5 nitrogen and oxygen atoms in total. The van der Waals surface area contributed by atoms with Gasteiger partial charge in [0.25, 0.3) is 0 Å². The first-order chi connectivity index (χ1) is 10.1. The molecule has 0 saturated heterocycles. The number of hydrogen-bond acceptors (Lipinski definition) is 4. The van der Waals surface area contributed by atoms with Crippen LogP contribution in [0, 0.1) is 0 Å². The molecule has 2 N–H and O–H groups in total. The fraction of sp³-hybridized carbons (Fsp3) is 0.467. The second-order valence-corrected chi connectivity index (χ2v) is 6.95. The van der Waals surface area contributed by atoms with E-state index in [1.54, 1.807) is 30.3 Å². The van der Waals surface area contributed by atoms with Gasteiger partial charge in [0.05, 0.1) is 11.5 Å². The van der Waals surface area contributed by atoms with E-state index < -0.39 is 10.0 Å². The van der Waals surface area contributed by atoms with Crippen molar-refractivity contribution in [1.82, 2.24) is 4.31 Å². The average molecular weight is 310 g/mol. The van der Waals surface area contributed by atoms with Crippen molar-refractivity contribution in [3.05, 3.63) is 36.9 Å². The molecule has 2 rings (SSSR count). The third-order valence-electron chi connectivity index (χ3n) is 3.31. The Hall–Kier alpha value is -1.37. The van der Waals surface area contributed by atoms with Crippen LogP contribution in [0.1, 0.15) is 19.3 Å². The van der Waals surface area contributed by atoms with Crippen LogP contribution in [0.5, 0.6) is 5.75 Å². The van der Waals surface area contributed by atoms with E-state index >= 15 is 0 Å². The number of nitrogens with zero attached hydrogens (tertiary/aromatic N) is 1. The van der Waals surface area contributed by atoms with Gasteiger partial charge in [-0.2, -0.15) is 4.31 Å². The third-order valence-corrected chi connectivity index (χ3v) is 5.24. The van der Waals surface area contributed by atoms with Gasteiger partial charge in [0.2, 0.25) is 10.0 Å². The van der Waals surface area contributed by atoms with E-state index in [9.17, 15) is 8.42 Å². The van der Waals surface area contributed by atoms with Crippen LogP contribution in [0.3, 0.4) is 0 Å². The second-order valence-electron chi connectivity index (χ2n) is 5.06. The van der Waals surface area contributed by atoms with E-state index in [1.165, 1.54) is 4.31 Å². The summed E-state index contributed by atoms with van der Waals surface area (Å²) in [5, 5.41) is 0. The van der Waals surface area contributed by atoms with E-state index in [-0.39, 0.29) is 6.04 Å². The van der Waals surface area contributed by atoms with Gasteiger partial charge < -0.3 is 10.5 Å². The van der Waals surface area contributed by atoms with Crippen molar-refractivity contribution in [2.45, 2.75) is 30.2 Å². The largest absolute Gasteiger partial charge is 0.494 e. The summed E-state index contributed by atoms with van der Waals surface area (Å²) < 4.78 is 32.2. The van der Waals surface area contributed by atoms with Crippen molar-refractivity contribution in [1.29, 1.82) is 0 Å². The lowest BCUT2D eigenvalue weighted by molar-refractivity contribution is 0.313. The highest BCUT2D eigenvalue weighted by atomic mass is 32.2. The quantitative estimate of drug-likeness (QED) is 0.557. The summed E-state index contributed by atoms with van der Waals surface area (Å²) in [4.78, 5) is 0.294.